The van der Waals surface area contributed by atoms with E-state index in [1.165, 1.54) is 24.3 Å². The molecule has 8 rings (SSSR count). The van der Waals surface area contributed by atoms with E-state index in [4.69, 9.17) is 23.2 Å². The number of aromatic hydroxyl groups is 1. The van der Waals surface area contributed by atoms with Crippen molar-refractivity contribution < 1.29 is 33.5 Å². The second-order valence-corrected chi connectivity index (χ2v) is 14.3. The molecule has 0 aromatic heterocycles. The van der Waals surface area contributed by atoms with Gasteiger partial charge in [-0.2, -0.15) is 0 Å². The van der Waals surface area contributed by atoms with E-state index >= 15 is 0 Å². The van der Waals surface area contributed by atoms with Crippen molar-refractivity contribution in [1.29, 1.82) is 0 Å². The van der Waals surface area contributed by atoms with Gasteiger partial charge in [-0.1, -0.05) is 54.1 Å². The van der Waals surface area contributed by atoms with Crippen LogP contribution in [0.2, 0.25) is 0 Å². The molecule has 0 spiro atoms. The lowest BCUT2D eigenvalue weighted by atomic mass is 9.56. The summed E-state index contributed by atoms with van der Waals surface area (Å²) in [6.07, 6.45) is 1.76. The first-order valence-corrected chi connectivity index (χ1v) is 16.8. The highest BCUT2D eigenvalue weighted by Gasteiger charge is 2.76. The highest BCUT2D eigenvalue weighted by Crippen LogP contribution is 2.66. The van der Waals surface area contributed by atoms with Crippen LogP contribution >= 0.6 is 23.2 Å². The van der Waals surface area contributed by atoms with E-state index in [1.807, 2.05) is 12.1 Å². The lowest BCUT2D eigenvalue weighted by Gasteiger charge is -2.50. The summed E-state index contributed by atoms with van der Waals surface area (Å²) in [4.78, 5) is 67.9. The lowest BCUT2D eigenvalue weighted by Crippen LogP contribution is -2.60. The van der Waals surface area contributed by atoms with Gasteiger partial charge in [0, 0.05) is 17.0 Å². The van der Waals surface area contributed by atoms with Gasteiger partial charge in [-0.15, -0.1) is 23.2 Å². The van der Waals surface area contributed by atoms with E-state index in [-0.39, 0.29) is 30.1 Å². The van der Waals surface area contributed by atoms with E-state index in [0.29, 0.717) is 28.0 Å². The van der Waals surface area contributed by atoms with Crippen LogP contribution in [0.25, 0.3) is 0 Å². The summed E-state index contributed by atoms with van der Waals surface area (Å²) >= 11 is 14.7. The number of fused-ring (bicyclic) bond motifs is 4. The summed E-state index contributed by atoms with van der Waals surface area (Å²) in [6, 6.07) is 25.8. The van der Waals surface area contributed by atoms with Gasteiger partial charge in [-0.25, -0.2) is 9.29 Å². The van der Waals surface area contributed by atoms with Gasteiger partial charge in [0.1, 0.15) is 11.6 Å². The zero-order valence-corrected chi connectivity index (χ0v) is 27.6. The first-order valence-electron chi connectivity index (χ1n) is 16.0. The second-order valence-electron chi connectivity index (χ2n) is 13.1. The third kappa shape index (κ3) is 4.46. The minimum absolute atomic E-state index is 0.0370. The molecule has 250 valence electrons. The third-order valence-corrected chi connectivity index (χ3v) is 12.0. The van der Waals surface area contributed by atoms with Gasteiger partial charge in [0.2, 0.25) is 11.8 Å². The van der Waals surface area contributed by atoms with Crippen molar-refractivity contribution in [1.82, 2.24) is 0 Å². The molecule has 2 heterocycles. The Balaban J connectivity index is 1.19. The fourth-order valence-electron chi connectivity index (χ4n) is 8.21. The van der Waals surface area contributed by atoms with Crippen LogP contribution in [0.15, 0.2) is 115 Å². The molecule has 4 aliphatic rings. The first-order chi connectivity index (χ1) is 24.0. The summed E-state index contributed by atoms with van der Waals surface area (Å²) in [5.74, 6) is -6.82. The molecule has 3 fully saturated rings. The zero-order chi connectivity index (χ0) is 35.1. The van der Waals surface area contributed by atoms with Crippen LogP contribution in [0.5, 0.6) is 5.75 Å². The molecule has 0 unspecified atom stereocenters. The van der Waals surface area contributed by atoms with E-state index in [9.17, 15) is 33.5 Å². The zero-order valence-electron chi connectivity index (χ0n) is 26.1. The van der Waals surface area contributed by atoms with Crippen LogP contribution in [-0.2, 0) is 19.2 Å². The summed E-state index contributed by atoms with van der Waals surface area (Å²) in [5, 5.41) is 10.1. The average Bonchev–Trinajstić information content (AvgIpc) is 3.47. The van der Waals surface area contributed by atoms with Crippen molar-refractivity contribution in [3.05, 3.63) is 137 Å². The van der Waals surface area contributed by atoms with Gasteiger partial charge in [0.25, 0.3) is 11.8 Å². The summed E-state index contributed by atoms with van der Waals surface area (Å²) in [6.45, 7) is 0. The van der Waals surface area contributed by atoms with Crippen molar-refractivity contribution in [3.63, 3.8) is 0 Å². The first kappa shape index (κ1) is 32.1. The number of carbonyl (C=O) groups excluding carboxylic acids is 5. The Morgan fingerprint density at radius 3 is 1.98 bits per heavy atom. The van der Waals surface area contributed by atoms with Crippen LogP contribution in [0.3, 0.4) is 0 Å². The molecule has 8 nitrogen and oxygen atoms in total. The number of alkyl halides is 2. The smallest absolute Gasteiger partial charge is 0.258 e. The number of nitrogens with zero attached hydrogens (tertiary/aromatic N) is 2. The number of ketones is 1. The SMILES string of the molecule is O=C(c1ccccc1)c1ccc(N2C(=O)[C@H]3[C@H](CC=C4[C@H]3C[C@@]3(Cl)C(=O)N(c5ccc(F)cc5)C(=O)[C@@]3(Cl)[C@H]4c3ccc(O)cc3)C2=O)cc1. The average molecular weight is 710 g/mol. The maximum atomic E-state index is 14.4. The highest BCUT2D eigenvalue weighted by molar-refractivity contribution is 6.58. The van der Waals surface area contributed by atoms with Gasteiger partial charge in [0.05, 0.1) is 23.2 Å². The fraction of sp³-hybridized carbons (Fsp3) is 0.205. The summed E-state index contributed by atoms with van der Waals surface area (Å²) in [5.41, 5.74) is 2.35. The molecule has 4 amide bonds. The van der Waals surface area contributed by atoms with Crippen LogP contribution < -0.4 is 9.80 Å². The minimum atomic E-state index is -2.07. The third-order valence-electron chi connectivity index (χ3n) is 10.5. The van der Waals surface area contributed by atoms with Gasteiger partial charge in [0.15, 0.2) is 15.5 Å². The monoisotopic (exact) mass is 708 g/mol. The molecule has 11 heteroatoms. The molecule has 4 aromatic carbocycles. The maximum absolute atomic E-state index is 14.4. The number of carbonyl (C=O) groups is 5. The van der Waals surface area contributed by atoms with Crippen molar-refractivity contribution in [2.24, 2.45) is 17.8 Å². The quantitative estimate of drug-likeness (QED) is 0.109. The number of anilines is 2. The van der Waals surface area contributed by atoms with Gasteiger partial charge < -0.3 is 5.11 Å². The summed E-state index contributed by atoms with van der Waals surface area (Å²) in [7, 11) is 0. The van der Waals surface area contributed by atoms with Crippen LogP contribution in [0, 0.1) is 23.6 Å². The Labute approximate surface area is 295 Å². The van der Waals surface area contributed by atoms with Crippen LogP contribution in [0.4, 0.5) is 15.8 Å². The molecule has 1 N–H and O–H groups in total. The number of phenols is 1. The molecule has 6 atom stereocenters. The minimum Gasteiger partial charge on any atom is -0.508 e. The standard InChI is InChI=1S/C39H27Cl2FN2O6/c40-38-20-30-28(32(21-8-16-27(45)17-9-21)39(38,41)37(50)44(36(38)49)26-14-10-24(42)11-15-26)18-19-29-31(30)35(48)43(34(29)47)25-12-6-23(7-13-25)33(46)22-4-2-1-3-5-22/h1-18,29-32,45H,19-20H2/t29-,30+,31-,32-,38+,39-/m0/s1. The van der Waals surface area contributed by atoms with E-state index in [2.05, 4.69) is 0 Å². The number of rotatable bonds is 5. The Morgan fingerprint density at radius 2 is 1.32 bits per heavy atom. The number of phenolic OH excluding ortho intramolecular Hbond substituents is 1. The van der Waals surface area contributed by atoms with E-state index in [0.717, 1.165) is 21.9 Å². The number of imide groups is 2. The predicted molar refractivity (Wildman–Crippen MR) is 184 cm³/mol. The van der Waals surface area contributed by atoms with Crippen molar-refractivity contribution in [2.75, 3.05) is 9.80 Å². The molecule has 50 heavy (non-hydrogen) atoms. The van der Waals surface area contributed by atoms with Crippen molar-refractivity contribution >= 4 is 64.0 Å². The second kappa shape index (κ2) is 11.5. The number of allylic oxidation sites excluding steroid dienone is 2. The topological polar surface area (TPSA) is 112 Å². The molecule has 0 radical (unpaired) electrons. The van der Waals surface area contributed by atoms with Crippen molar-refractivity contribution in [2.45, 2.75) is 28.5 Å². The maximum Gasteiger partial charge on any atom is 0.258 e. The molecule has 2 saturated heterocycles. The van der Waals surface area contributed by atoms with Gasteiger partial charge in [-0.3, -0.25) is 28.9 Å². The number of hydrogen-bond acceptors (Lipinski definition) is 6. The van der Waals surface area contributed by atoms with Crippen LogP contribution in [-0.4, -0.2) is 44.3 Å². The number of halogens is 3. The van der Waals surface area contributed by atoms with Crippen molar-refractivity contribution in [3.8, 4) is 5.75 Å². The number of hydrogen-bond donors (Lipinski definition) is 1. The largest absolute Gasteiger partial charge is 0.508 e. The van der Waals surface area contributed by atoms with E-state index < -0.39 is 62.9 Å². The Hall–Kier alpha value is -5.12. The summed E-state index contributed by atoms with van der Waals surface area (Å²) < 4.78 is 13.9. The lowest BCUT2D eigenvalue weighted by molar-refractivity contribution is -0.125. The molecular weight excluding hydrogens is 682 g/mol. The number of amides is 4. The fourth-order valence-corrected chi connectivity index (χ4v) is 9.15. The Morgan fingerprint density at radius 1 is 0.720 bits per heavy atom. The molecule has 4 aromatic rings. The van der Waals surface area contributed by atoms with Gasteiger partial charge >= 0.3 is 0 Å². The number of benzene rings is 4. The molecule has 2 aliphatic carbocycles. The molecular formula is C39H27Cl2FN2O6. The highest BCUT2D eigenvalue weighted by atomic mass is 35.5. The van der Waals surface area contributed by atoms with Crippen LogP contribution in [0.1, 0.15) is 40.2 Å². The molecule has 0 bridgehead atoms. The predicted octanol–water partition coefficient (Wildman–Crippen LogP) is 6.53. The van der Waals surface area contributed by atoms with E-state index in [1.54, 1.807) is 60.7 Å². The van der Waals surface area contributed by atoms with Gasteiger partial charge in [-0.05, 0) is 85.0 Å². The normalized spacial score (nSPS) is 28.7. The molecule has 1 saturated carbocycles. The Bertz CT molecular complexity index is 2140. The molecule has 2 aliphatic heterocycles. The Kier molecular flexibility index (Phi) is 7.36.